The zero-order valence-corrected chi connectivity index (χ0v) is 30.0. The fraction of sp³-hybridized carbons (Fsp3) is 0.452. The van der Waals surface area contributed by atoms with Crippen LogP contribution in [0.3, 0.4) is 0 Å². The van der Waals surface area contributed by atoms with Crippen molar-refractivity contribution in [2.24, 2.45) is 0 Å². The Balaban J connectivity index is 1.26. The minimum atomic E-state index is -0.892. The first-order valence-electron chi connectivity index (χ1n) is 18.7. The van der Waals surface area contributed by atoms with E-state index in [1.54, 1.807) is 30.3 Å². The molecule has 0 bridgehead atoms. The predicted molar refractivity (Wildman–Crippen MR) is 197 cm³/mol. The number of rotatable bonds is 17. The van der Waals surface area contributed by atoms with Gasteiger partial charge in [-0.2, -0.15) is 0 Å². The second-order valence-electron chi connectivity index (χ2n) is 13.9. The fourth-order valence-corrected chi connectivity index (χ4v) is 7.08. The average molecular weight is 710 g/mol. The van der Waals surface area contributed by atoms with E-state index >= 15 is 0 Å². The second-order valence-corrected chi connectivity index (χ2v) is 13.9. The summed E-state index contributed by atoms with van der Waals surface area (Å²) < 4.78 is 5.47. The van der Waals surface area contributed by atoms with Crippen LogP contribution in [0.15, 0.2) is 91.0 Å². The van der Waals surface area contributed by atoms with Gasteiger partial charge in [-0.05, 0) is 55.4 Å². The minimum absolute atomic E-state index is 0.0179. The molecular formula is C42H51N3O7. The fourth-order valence-electron chi connectivity index (χ4n) is 7.08. The standard InChI is InChI=1S/C42H51N3O7/c46-38(37(28-32-16-6-1-7-17-32)43-42(50)34-20-10-3-11-21-34)26-27-39(47)44(29-40(48)51-31-33-18-8-2-9-19-33)30-41(49)52-45(35-22-12-4-13-23-35)36-24-14-5-15-25-36/h1-3,6-11,16-21,35-37H,4-5,12-15,22-31H2,(H,43,50). The Labute approximate surface area is 306 Å². The molecule has 10 heteroatoms. The van der Waals surface area contributed by atoms with E-state index in [0.717, 1.165) is 80.2 Å². The Kier molecular flexibility index (Phi) is 15.0. The number of ether oxygens (including phenoxy) is 1. The zero-order chi connectivity index (χ0) is 36.5. The molecule has 1 N–H and O–H groups in total. The molecule has 3 aromatic rings. The van der Waals surface area contributed by atoms with Gasteiger partial charge in [0, 0.05) is 30.5 Å². The normalized spacial score (nSPS) is 15.7. The van der Waals surface area contributed by atoms with E-state index in [4.69, 9.17) is 9.57 Å². The van der Waals surface area contributed by atoms with E-state index in [2.05, 4.69) is 5.32 Å². The van der Waals surface area contributed by atoms with Gasteiger partial charge >= 0.3 is 11.9 Å². The Bertz CT molecular complexity index is 1570. The topological polar surface area (TPSA) is 122 Å². The summed E-state index contributed by atoms with van der Waals surface area (Å²) in [4.78, 5) is 74.3. The molecule has 0 spiro atoms. The van der Waals surface area contributed by atoms with Crippen LogP contribution in [0.5, 0.6) is 0 Å². The smallest absolute Gasteiger partial charge is 0.344 e. The van der Waals surface area contributed by atoms with Gasteiger partial charge < -0.3 is 19.8 Å². The molecule has 276 valence electrons. The van der Waals surface area contributed by atoms with Crippen LogP contribution < -0.4 is 5.32 Å². The highest BCUT2D eigenvalue weighted by atomic mass is 16.7. The van der Waals surface area contributed by atoms with Crippen LogP contribution in [-0.4, -0.2) is 70.7 Å². The molecule has 1 unspecified atom stereocenters. The monoisotopic (exact) mass is 709 g/mol. The summed E-state index contributed by atoms with van der Waals surface area (Å²) in [6, 6.07) is 26.5. The van der Waals surface area contributed by atoms with E-state index in [0.29, 0.717) is 5.56 Å². The van der Waals surface area contributed by atoms with E-state index in [1.807, 2.05) is 65.7 Å². The molecule has 5 rings (SSSR count). The van der Waals surface area contributed by atoms with E-state index in [9.17, 15) is 24.0 Å². The summed E-state index contributed by atoms with van der Waals surface area (Å²) >= 11 is 0. The number of ketones is 1. The molecule has 2 saturated carbocycles. The Morgan fingerprint density at radius 3 is 1.73 bits per heavy atom. The first-order chi connectivity index (χ1) is 25.4. The number of carbonyl (C=O) groups is 5. The molecule has 0 radical (unpaired) electrons. The largest absolute Gasteiger partial charge is 0.459 e. The number of carbonyl (C=O) groups excluding carboxylic acids is 5. The van der Waals surface area contributed by atoms with Crippen molar-refractivity contribution in [2.75, 3.05) is 13.1 Å². The maximum absolute atomic E-state index is 13.8. The number of hydrogen-bond donors (Lipinski definition) is 1. The van der Waals surface area contributed by atoms with Crippen molar-refractivity contribution in [2.45, 2.75) is 108 Å². The summed E-state index contributed by atoms with van der Waals surface area (Å²) in [5.41, 5.74) is 2.06. The van der Waals surface area contributed by atoms with Crippen LogP contribution in [0.1, 0.15) is 98.5 Å². The van der Waals surface area contributed by atoms with Crippen molar-refractivity contribution < 1.29 is 33.5 Å². The molecule has 0 saturated heterocycles. The van der Waals surface area contributed by atoms with Crippen LogP contribution in [0, 0.1) is 0 Å². The predicted octanol–water partition coefficient (Wildman–Crippen LogP) is 6.37. The molecule has 1 atom stereocenters. The highest BCUT2D eigenvalue weighted by Gasteiger charge is 2.33. The van der Waals surface area contributed by atoms with Gasteiger partial charge in [0.05, 0.1) is 6.04 Å². The Morgan fingerprint density at radius 2 is 1.15 bits per heavy atom. The molecule has 2 amide bonds. The van der Waals surface area contributed by atoms with Crippen LogP contribution >= 0.6 is 0 Å². The maximum Gasteiger partial charge on any atom is 0.344 e. The van der Waals surface area contributed by atoms with Gasteiger partial charge in [-0.3, -0.25) is 19.2 Å². The van der Waals surface area contributed by atoms with Gasteiger partial charge in [-0.25, -0.2) is 4.79 Å². The number of nitrogens with one attached hydrogen (secondary N) is 1. The van der Waals surface area contributed by atoms with Crippen molar-refractivity contribution in [3.63, 3.8) is 0 Å². The summed E-state index contributed by atoms with van der Waals surface area (Å²) in [6.45, 7) is -0.911. The van der Waals surface area contributed by atoms with Gasteiger partial charge in [0.1, 0.15) is 19.7 Å². The van der Waals surface area contributed by atoms with Crippen molar-refractivity contribution in [3.8, 4) is 0 Å². The number of nitrogens with zero attached hydrogens (tertiary/aromatic N) is 2. The molecule has 2 aliphatic rings. The quantitative estimate of drug-likeness (QED) is 0.127. The average Bonchev–Trinajstić information content (AvgIpc) is 3.19. The van der Waals surface area contributed by atoms with Crippen LogP contribution in [0.25, 0.3) is 0 Å². The number of hydroxylamine groups is 2. The van der Waals surface area contributed by atoms with Gasteiger partial charge in [0.2, 0.25) is 5.91 Å². The Hall–Kier alpha value is -4.83. The van der Waals surface area contributed by atoms with Crippen LogP contribution in [-0.2, 0) is 41.8 Å². The van der Waals surface area contributed by atoms with E-state index < -0.39 is 42.9 Å². The van der Waals surface area contributed by atoms with Crippen LogP contribution in [0.2, 0.25) is 0 Å². The highest BCUT2D eigenvalue weighted by Crippen LogP contribution is 2.30. The summed E-state index contributed by atoms with van der Waals surface area (Å²) in [7, 11) is 0. The first-order valence-corrected chi connectivity index (χ1v) is 18.7. The SMILES string of the molecule is O=C(CN(CC(=O)ON(C1CCCCC1)C1CCCCC1)C(=O)CCC(=O)C(Cc1ccccc1)NC(=O)c1ccccc1)OCc1ccccc1. The summed E-state index contributed by atoms with van der Waals surface area (Å²) in [6.07, 6.45) is 10.2. The van der Waals surface area contributed by atoms with E-state index in [-0.39, 0.29) is 43.7 Å². The third kappa shape index (κ3) is 12.1. The van der Waals surface area contributed by atoms with Crippen molar-refractivity contribution in [3.05, 3.63) is 108 Å². The third-order valence-electron chi connectivity index (χ3n) is 9.91. The second kappa shape index (κ2) is 20.3. The van der Waals surface area contributed by atoms with Crippen molar-refractivity contribution in [1.82, 2.24) is 15.3 Å². The lowest BCUT2D eigenvalue weighted by Gasteiger charge is -2.39. The molecule has 2 fully saturated rings. The lowest BCUT2D eigenvalue weighted by atomic mass is 9.90. The molecule has 3 aromatic carbocycles. The van der Waals surface area contributed by atoms with Crippen molar-refractivity contribution >= 4 is 29.5 Å². The number of Topliss-reactive ketones (excluding diaryl/α,β-unsaturated/α-hetero) is 1. The van der Waals surface area contributed by atoms with Gasteiger partial charge in [0.15, 0.2) is 5.78 Å². The molecule has 2 aliphatic carbocycles. The number of benzene rings is 3. The highest BCUT2D eigenvalue weighted by molar-refractivity contribution is 5.98. The molecular weight excluding hydrogens is 658 g/mol. The Morgan fingerprint density at radius 1 is 0.635 bits per heavy atom. The van der Waals surface area contributed by atoms with E-state index in [1.165, 1.54) is 0 Å². The maximum atomic E-state index is 13.8. The first kappa shape index (κ1) is 38.4. The molecule has 0 aliphatic heterocycles. The number of esters is 1. The lowest BCUT2D eigenvalue weighted by molar-refractivity contribution is -0.223. The minimum Gasteiger partial charge on any atom is -0.459 e. The summed E-state index contributed by atoms with van der Waals surface area (Å²) in [5.74, 6) is -2.59. The number of amides is 2. The molecule has 0 heterocycles. The molecule has 0 aromatic heterocycles. The molecule has 10 nitrogen and oxygen atoms in total. The van der Waals surface area contributed by atoms with Gasteiger partial charge in [-0.1, -0.05) is 117 Å². The van der Waals surface area contributed by atoms with Gasteiger partial charge in [0.25, 0.3) is 5.91 Å². The lowest BCUT2D eigenvalue weighted by Crippen LogP contribution is -2.48. The van der Waals surface area contributed by atoms with Crippen molar-refractivity contribution in [1.29, 1.82) is 0 Å². The summed E-state index contributed by atoms with van der Waals surface area (Å²) in [5, 5.41) is 4.74. The third-order valence-corrected chi connectivity index (χ3v) is 9.91. The van der Waals surface area contributed by atoms with Crippen LogP contribution in [0.4, 0.5) is 0 Å². The molecule has 52 heavy (non-hydrogen) atoms. The van der Waals surface area contributed by atoms with Gasteiger partial charge in [-0.15, -0.1) is 5.06 Å². The number of hydrogen-bond acceptors (Lipinski definition) is 8. The zero-order valence-electron chi connectivity index (χ0n) is 30.0.